The van der Waals surface area contributed by atoms with Crippen molar-refractivity contribution >= 4 is 27.8 Å². The summed E-state index contributed by atoms with van der Waals surface area (Å²) in [6.07, 6.45) is 1.27. The lowest BCUT2D eigenvalue weighted by Gasteiger charge is -2.25. The van der Waals surface area contributed by atoms with Crippen molar-refractivity contribution in [1.82, 2.24) is 4.98 Å². The van der Waals surface area contributed by atoms with E-state index in [-0.39, 0.29) is 34.5 Å². The van der Waals surface area contributed by atoms with Crippen molar-refractivity contribution in [2.75, 3.05) is 7.11 Å². The van der Waals surface area contributed by atoms with Crippen LogP contribution in [0.25, 0.3) is 33.0 Å². The number of aromatic amines is 1. The minimum atomic E-state index is -0.678. The number of phenols is 1. The Morgan fingerprint density at radius 1 is 1.00 bits per heavy atom. The highest BCUT2D eigenvalue weighted by atomic mass is 16.5. The molecule has 36 heavy (non-hydrogen) atoms. The second-order valence-corrected chi connectivity index (χ2v) is 8.62. The van der Waals surface area contributed by atoms with E-state index in [1.54, 1.807) is 49.6 Å². The molecule has 0 saturated heterocycles. The van der Waals surface area contributed by atoms with Crippen LogP contribution < -0.4 is 20.5 Å². The number of aromatic nitrogens is 1. The van der Waals surface area contributed by atoms with Crippen LogP contribution in [0.5, 0.6) is 17.2 Å². The second-order valence-electron chi connectivity index (χ2n) is 8.62. The zero-order chi connectivity index (χ0) is 25.0. The monoisotopic (exact) mass is 481 g/mol. The van der Waals surface area contributed by atoms with Gasteiger partial charge in [0.1, 0.15) is 29.1 Å². The number of carbonyl (C=O) groups is 1. The molecule has 0 radical (unpaired) electrons. The number of aromatic hydroxyl groups is 1. The molecular formula is C28H19NO7. The summed E-state index contributed by atoms with van der Waals surface area (Å²) in [6.45, 7) is 0. The quantitative estimate of drug-likeness (QED) is 0.289. The summed E-state index contributed by atoms with van der Waals surface area (Å²) < 4.78 is 16.7. The number of hydrogen-bond acceptors (Lipinski definition) is 7. The Labute approximate surface area is 203 Å². The maximum absolute atomic E-state index is 13.4. The summed E-state index contributed by atoms with van der Waals surface area (Å²) in [7, 11) is 1.55. The SMILES string of the molecule is COc1ccc2cc([C@@H]3CC(=O)Oc4ccc5c(=O)c(-c6ccc(O)cc6)coc5c43)c(=O)[nH]c2c1. The standard InChI is InChI=1S/C28H19NO7/c1-34-17-7-4-15-10-20(28(33)29-22(15)11-17)19-12-24(31)36-23-9-8-18-26(32)21(13-35-27(18)25(19)23)14-2-5-16(30)6-3-14/h2-11,13,19,30H,12H2,1H3,(H,29,33)/t19-/m0/s1. The molecule has 8 heteroatoms. The first kappa shape index (κ1) is 21.7. The molecule has 1 aliphatic rings. The second kappa shape index (κ2) is 8.13. The number of hydrogen-bond donors (Lipinski definition) is 2. The fourth-order valence-electron chi connectivity index (χ4n) is 4.74. The first-order valence-corrected chi connectivity index (χ1v) is 11.2. The van der Waals surface area contributed by atoms with Crippen LogP contribution >= 0.6 is 0 Å². The maximum atomic E-state index is 13.4. The van der Waals surface area contributed by atoms with E-state index < -0.39 is 11.9 Å². The van der Waals surface area contributed by atoms with Crippen LogP contribution in [0.1, 0.15) is 23.5 Å². The molecule has 0 aliphatic carbocycles. The maximum Gasteiger partial charge on any atom is 0.312 e. The molecule has 3 aromatic carbocycles. The van der Waals surface area contributed by atoms with Crippen LogP contribution in [0.2, 0.25) is 0 Å². The van der Waals surface area contributed by atoms with E-state index in [0.29, 0.717) is 38.9 Å². The molecule has 3 heterocycles. The molecule has 0 amide bonds. The van der Waals surface area contributed by atoms with Gasteiger partial charge in [0.05, 0.1) is 30.0 Å². The van der Waals surface area contributed by atoms with E-state index in [9.17, 15) is 19.5 Å². The summed E-state index contributed by atoms with van der Waals surface area (Å²) >= 11 is 0. The molecule has 178 valence electrons. The Morgan fingerprint density at radius 2 is 1.81 bits per heavy atom. The molecular weight excluding hydrogens is 462 g/mol. The molecule has 1 aliphatic heterocycles. The van der Waals surface area contributed by atoms with Crippen molar-refractivity contribution in [3.8, 4) is 28.4 Å². The summed E-state index contributed by atoms with van der Waals surface area (Å²) in [5.41, 5.74) is 1.97. The number of fused-ring (bicyclic) bond motifs is 4. The first-order chi connectivity index (χ1) is 17.4. The van der Waals surface area contributed by atoms with Crippen molar-refractivity contribution in [1.29, 1.82) is 0 Å². The lowest BCUT2D eigenvalue weighted by Crippen LogP contribution is -2.26. The number of esters is 1. The number of benzene rings is 3. The van der Waals surface area contributed by atoms with E-state index in [2.05, 4.69) is 4.98 Å². The highest BCUT2D eigenvalue weighted by Gasteiger charge is 2.33. The van der Waals surface area contributed by atoms with Gasteiger partial charge in [0.15, 0.2) is 0 Å². The van der Waals surface area contributed by atoms with Crippen LogP contribution in [0.15, 0.2) is 80.9 Å². The normalized spacial score (nSPS) is 15.0. The number of carbonyl (C=O) groups excluding carboxylic acids is 1. The number of rotatable bonds is 3. The molecule has 0 saturated carbocycles. The number of methoxy groups -OCH3 is 1. The van der Waals surface area contributed by atoms with Gasteiger partial charge in [-0.05, 0) is 53.4 Å². The lowest BCUT2D eigenvalue weighted by molar-refractivity contribution is -0.135. The molecule has 6 rings (SSSR count). The molecule has 2 aromatic heterocycles. The van der Waals surface area contributed by atoms with Gasteiger partial charge in [0.25, 0.3) is 5.56 Å². The fraction of sp³-hybridized carbons (Fsp3) is 0.107. The van der Waals surface area contributed by atoms with Crippen LogP contribution in [0.4, 0.5) is 0 Å². The summed E-state index contributed by atoms with van der Waals surface area (Å²) in [5.74, 6) is -0.220. The van der Waals surface area contributed by atoms with E-state index in [1.165, 1.54) is 18.4 Å². The number of phenolic OH excluding ortho intramolecular Hbond substituents is 1. The van der Waals surface area contributed by atoms with Gasteiger partial charge >= 0.3 is 5.97 Å². The smallest absolute Gasteiger partial charge is 0.312 e. The van der Waals surface area contributed by atoms with Crippen molar-refractivity contribution in [2.45, 2.75) is 12.3 Å². The van der Waals surface area contributed by atoms with Crippen molar-refractivity contribution in [3.05, 3.63) is 98.6 Å². The third-order valence-electron chi connectivity index (χ3n) is 6.52. The minimum absolute atomic E-state index is 0.0831. The molecule has 0 unspecified atom stereocenters. The third-order valence-corrected chi connectivity index (χ3v) is 6.52. The van der Waals surface area contributed by atoms with E-state index in [0.717, 1.165) is 5.39 Å². The summed E-state index contributed by atoms with van der Waals surface area (Å²) in [6, 6.07) is 16.4. The molecule has 0 spiro atoms. The average molecular weight is 481 g/mol. The van der Waals surface area contributed by atoms with Gasteiger partial charge in [-0.25, -0.2) is 0 Å². The van der Waals surface area contributed by atoms with Gasteiger partial charge in [-0.3, -0.25) is 14.4 Å². The Kier molecular flexibility index (Phi) is 4.89. The number of ether oxygens (including phenoxy) is 2. The van der Waals surface area contributed by atoms with Crippen molar-refractivity contribution < 1.29 is 23.8 Å². The van der Waals surface area contributed by atoms with Crippen LogP contribution in [-0.2, 0) is 4.79 Å². The average Bonchev–Trinajstić information content (AvgIpc) is 2.88. The number of nitrogens with one attached hydrogen (secondary N) is 1. The van der Waals surface area contributed by atoms with Gasteiger partial charge in [0, 0.05) is 23.1 Å². The van der Waals surface area contributed by atoms with E-state index in [1.807, 2.05) is 6.07 Å². The zero-order valence-electron chi connectivity index (χ0n) is 19.0. The highest BCUT2D eigenvalue weighted by Crippen LogP contribution is 2.42. The molecule has 8 nitrogen and oxygen atoms in total. The number of H-pyrrole nitrogens is 1. The van der Waals surface area contributed by atoms with E-state index in [4.69, 9.17) is 13.9 Å². The Bertz CT molecular complexity index is 1800. The van der Waals surface area contributed by atoms with Gasteiger partial charge in [-0.2, -0.15) is 0 Å². The summed E-state index contributed by atoms with van der Waals surface area (Å²) in [5, 5.41) is 10.6. The van der Waals surface area contributed by atoms with Gasteiger partial charge in [0.2, 0.25) is 5.43 Å². The molecule has 0 fully saturated rings. The van der Waals surface area contributed by atoms with Gasteiger partial charge < -0.3 is 24.0 Å². The topological polar surface area (TPSA) is 119 Å². The van der Waals surface area contributed by atoms with Crippen molar-refractivity contribution in [3.63, 3.8) is 0 Å². The Hall–Kier alpha value is -4.85. The predicted octanol–water partition coefficient (Wildman–Crippen LogP) is 4.46. The van der Waals surface area contributed by atoms with Crippen LogP contribution in [0.3, 0.4) is 0 Å². The molecule has 1 atom stereocenters. The molecule has 5 aromatic rings. The van der Waals surface area contributed by atoms with Gasteiger partial charge in [-0.1, -0.05) is 12.1 Å². The third kappa shape index (κ3) is 3.42. The molecule has 0 bridgehead atoms. The Morgan fingerprint density at radius 3 is 2.58 bits per heavy atom. The largest absolute Gasteiger partial charge is 0.508 e. The van der Waals surface area contributed by atoms with E-state index >= 15 is 0 Å². The molecule has 2 N–H and O–H groups in total. The number of pyridine rings is 1. The van der Waals surface area contributed by atoms with Crippen LogP contribution in [-0.4, -0.2) is 23.2 Å². The van der Waals surface area contributed by atoms with Crippen molar-refractivity contribution in [2.24, 2.45) is 0 Å². The van der Waals surface area contributed by atoms with Crippen LogP contribution in [0, 0.1) is 0 Å². The predicted molar refractivity (Wildman–Crippen MR) is 133 cm³/mol. The Balaban J connectivity index is 1.56. The zero-order valence-corrected chi connectivity index (χ0v) is 19.0. The lowest BCUT2D eigenvalue weighted by atomic mass is 9.85. The first-order valence-electron chi connectivity index (χ1n) is 11.2. The summed E-state index contributed by atoms with van der Waals surface area (Å²) in [4.78, 5) is 41.9. The highest BCUT2D eigenvalue weighted by molar-refractivity contribution is 5.90. The fourth-order valence-corrected chi connectivity index (χ4v) is 4.74. The van der Waals surface area contributed by atoms with Gasteiger partial charge in [-0.15, -0.1) is 0 Å². The minimum Gasteiger partial charge on any atom is -0.508 e.